The molecule has 1 aromatic carbocycles. The minimum Gasteiger partial charge on any atom is -0.371 e. The second kappa shape index (κ2) is 8.80. The molecule has 1 saturated heterocycles. The molecule has 1 amide bonds. The van der Waals surface area contributed by atoms with E-state index in [9.17, 15) is 4.79 Å². The van der Waals surface area contributed by atoms with Gasteiger partial charge in [-0.2, -0.15) is 0 Å². The summed E-state index contributed by atoms with van der Waals surface area (Å²) in [6.45, 7) is 6.17. The predicted molar refractivity (Wildman–Crippen MR) is 118 cm³/mol. The molecule has 29 heavy (non-hydrogen) atoms. The van der Waals surface area contributed by atoms with Crippen molar-refractivity contribution in [3.63, 3.8) is 0 Å². The molecule has 1 aliphatic carbocycles. The van der Waals surface area contributed by atoms with E-state index in [1.165, 1.54) is 42.6 Å². The van der Waals surface area contributed by atoms with Crippen LogP contribution in [0.15, 0.2) is 24.3 Å². The van der Waals surface area contributed by atoms with Crippen LogP contribution >= 0.6 is 0 Å². The number of aromatic nitrogens is 2. The van der Waals surface area contributed by atoms with Gasteiger partial charge in [0.15, 0.2) is 0 Å². The summed E-state index contributed by atoms with van der Waals surface area (Å²) in [7, 11) is 0. The zero-order valence-electron chi connectivity index (χ0n) is 17.5. The maximum Gasteiger partial charge on any atom is 0.226 e. The number of hydrogen-bond acceptors (Lipinski definition) is 5. The smallest absolute Gasteiger partial charge is 0.226 e. The maximum atomic E-state index is 12.6. The lowest BCUT2D eigenvalue weighted by atomic mass is 9.96. The lowest BCUT2D eigenvalue weighted by Gasteiger charge is -2.22. The van der Waals surface area contributed by atoms with Crippen LogP contribution in [0.5, 0.6) is 0 Å². The van der Waals surface area contributed by atoms with Crippen molar-refractivity contribution >= 4 is 23.1 Å². The van der Waals surface area contributed by atoms with Crippen molar-refractivity contribution in [2.75, 3.05) is 28.6 Å². The van der Waals surface area contributed by atoms with Gasteiger partial charge in [0.2, 0.25) is 5.91 Å². The molecule has 2 heterocycles. The topological polar surface area (TPSA) is 70.2 Å². The number of rotatable bonds is 6. The Morgan fingerprint density at radius 2 is 1.93 bits per heavy atom. The van der Waals surface area contributed by atoms with Gasteiger partial charge in [-0.05, 0) is 70.6 Å². The van der Waals surface area contributed by atoms with Crippen LogP contribution in [0.1, 0.15) is 56.1 Å². The molecule has 1 fully saturated rings. The minimum absolute atomic E-state index is 0.00269. The van der Waals surface area contributed by atoms with Gasteiger partial charge < -0.3 is 15.5 Å². The van der Waals surface area contributed by atoms with E-state index in [-0.39, 0.29) is 11.9 Å². The highest BCUT2D eigenvalue weighted by molar-refractivity contribution is 5.91. The predicted octanol–water partition coefficient (Wildman–Crippen LogP) is 4.09. The fourth-order valence-electron chi connectivity index (χ4n) is 4.37. The van der Waals surface area contributed by atoms with Crippen molar-refractivity contribution in [2.45, 2.75) is 64.8 Å². The molecule has 6 heteroatoms. The van der Waals surface area contributed by atoms with E-state index in [4.69, 9.17) is 0 Å². The van der Waals surface area contributed by atoms with Gasteiger partial charge in [-0.1, -0.05) is 6.07 Å². The van der Waals surface area contributed by atoms with Crippen LogP contribution in [-0.4, -0.2) is 35.0 Å². The Bertz CT molecular complexity index is 876. The van der Waals surface area contributed by atoms with Gasteiger partial charge in [0, 0.05) is 48.2 Å². The molecule has 1 atom stereocenters. The molecule has 0 spiro atoms. The van der Waals surface area contributed by atoms with Crippen LogP contribution in [0.3, 0.4) is 0 Å². The molecule has 6 nitrogen and oxygen atoms in total. The Hall–Kier alpha value is -2.63. The zero-order chi connectivity index (χ0) is 20.2. The largest absolute Gasteiger partial charge is 0.371 e. The van der Waals surface area contributed by atoms with Gasteiger partial charge in [0.1, 0.15) is 11.6 Å². The fraction of sp³-hybridized carbons (Fsp3) is 0.522. The molecule has 1 unspecified atom stereocenters. The van der Waals surface area contributed by atoms with Crippen molar-refractivity contribution in [3.05, 3.63) is 41.3 Å². The Labute approximate surface area is 173 Å². The Morgan fingerprint density at radius 1 is 1.14 bits per heavy atom. The van der Waals surface area contributed by atoms with Crippen LogP contribution in [0.2, 0.25) is 0 Å². The average Bonchev–Trinajstić information content (AvgIpc) is 3.22. The quantitative estimate of drug-likeness (QED) is 0.773. The number of carbonyl (C=O) groups is 1. The normalized spacial score (nSPS) is 17.0. The van der Waals surface area contributed by atoms with Crippen molar-refractivity contribution in [1.82, 2.24) is 9.97 Å². The number of aryl methyl sites for hydroxylation is 2. The van der Waals surface area contributed by atoms with Crippen LogP contribution in [0.4, 0.5) is 17.2 Å². The number of hydrogen-bond donors (Lipinski definition) is 2. The lowest BCUT2D eigenvalue weighted by Crippen LogP contribution is -2.26. The second-order valence-electron chi connectivity index (χ2n) is 8.29. The number of amides is 1. The summed E-state index contributed by atoms with van der Waals surface area (Å²) in [6, 6.07) is 8.16. The first-order valence-electron chi connectivity index (χ1n) is 10.9. The molecule has 1 aliphatic heterocycles. The van der Waals surface area contributed by atoms with Crippen LogP contribution in [-0.2, 0) is 17.6 Å². The van der Waals surface area contributed by atoms with Gasteiger partial charge in [-0.3, -0.25) is 4.79 Å². The molecular weight excluding hydrogens is 362 g/mol. The van der Waals surface area contributed by atoms with Gasteiger partial charge in [0.25, 0.3) is 0 Å². The van der Waals surface area contributed by atoms with E-state index in [2.05, 4.69) is 37.6 Å². The van der Waals surface area contributed by atoms with Crippen molar-refractivity contribution < 1.29 is 4.79 Å². The standard InChI is InChI=1S/C23H31N5O/c1-16(24-23-20-10-3-4-11-21(20)25-17(2)26-23)14-22(29)27-18-8-7-9-19(15-18)28-12-5-6-13-28/h7-9,15-16H,3-6,10-14H2,1-2H3,(H,27,29)(H,24,25,26). The molecule has 0 bridgehead atoms. The molecule has 2 N–H and O–H groups in total. The van der Waals surface area contributed by atoms with E-state index >= 15 is 0 Å². The summed E-state index contributed by atoms with van der Waals surface area (Å²) in [5, 5.41) is 6.52. The van der Waals surface area contributed by atoms with Crippen LogP contribution in [0.25, 0.3) is 0 Å². The number of carbonyl (C=O) groups excluding carboxylic acids is 1. The number of nitrogens with one attached hydrogen (secondary N) is 2. The number of anilines is 3. The molecule has 154 valence electrons. The first kappa shape index (κ1) is 19.7. The number of nitrogens with zero attached hydrogens (tertiary/aromatic N) is 3. The number of benzene rings is 1. The second-order valence-corrected chi connectivity index (χ2v) is 8.29. The summed E-state index contributed by atoms with van der Waals surface area (Å²) < 4.78 is 0. The first-order valence-corrected chi connectivity index (χ1v) is 10.9. The molecule has 2 aliphatic rings. The summed E-state index contributed by atoms with van der Waals surface area (Å²) in [5.41, 5.74) is 4.45. The molecule has 0 saturated carbocycles. The summed E-state index contributed by atoms with van der Waals surface area (Å²) >= 11 is 0. The third kappa shape index (κ3) is 4.86. The van der Waals surface area contributed by atoms with Crippen LogP contribution in [0, 0.1) is 6.92 Å². The fourth-order valence-corrected chi connectivity index (χ4v) is 4.37. The average molecular weight is 394 g/mol. The summed E-state index contributed by atoms with van der Waals surface area (Å²) in [5.74, 6) is 1.72. The Balaban J connectivity index is 1.37. The molecule has 1 aromatic heterocycles. The van der Waals surface area contributed by atoms with Gasteiger partial charge in [-0.25, -0.2) is 9.97 Å². The zero-order valence-corrected chi connectivity index (χ0v) is 17.5. The number of fused-ring (bicyclic) bond motifs is 1. The van der Waals surface area contributed by atoms with Crippen molar-refractivity contribution in [2.24, 2.45) is 0 Å². The Kier molecular flexibility index (Phi) is 5.97. The highest BCUT2D eigenvalue weighted by atomic mass is 16.1. The van der Waals surface area contributed by atoms with Crippen LogP contribution < -0.4 is 15.5 Å². The Morgan fingerprint density at radius 3 is 2.76 bits per heavy atom. The van der Waals surface area contributed by atoms with Crippen molar-refractivity contribution in [3.8, 4) is 0 Å². The van der Waals surface area contributed by atoms with Gasteiger partial charge in [0.05, 0.1) is 0 Å². The highest BCUT2D eigenvalue weighted by Crippen LogP contribution is 2.26. The van der Waals surface area contributed by atoms with E-state index in [0.717, 1.165) is 43.3 Å². The summed E-state index contributed by atoms with van der Waals surface area (Å²) in [4.78, 5) is 24.2. The molecule has 0 radical (unpaired) electrons. The molecule has 2 aromatic rings. The summed E-state index contributed by atoms with van der Waals surface area (Å²) in [6.07, 6.45) is 7.28. The van der Waals surface area contributed by atoms with Crippen molar-refractivity contribution in [1.29, 1.82) is 0 Å². The monoisotopic (exact) mass is 393 g/mol. The van der Waals surface area contributed by atoms with E-state index in [1.807, 2.05) is 26.0 Å². The van der Waals surface area contributed by atoms with Gasteiger partial charge in [-0.15, -0.1) is 0 Å². The molecule has 4 rings (SSSR count). The molecular formula is C23H31N5O. The third-order valence-corrected chi connectivity index (χ3v) is 5.77. The SMILES string of the molecule is Cc1nc2c(c(NC(C)CC(=O)Nc3cccc(N4CCCC4)c3)n1)CCCC2. The first-order chi connectivity index (χ1) is 14.1. The van der Waals surface area contributed by atoms with Gasteiger partial charge >= 0.3 is 0 Å². The lowest BCUT2D eigenvalue weighted by molar-refractivity contribution is -0.116. The van der Waals surface area contributed by atoms with E-state index in [1.54, 1.807) is 0 Å². The van der Waals surface area contributed by atoms with E-state index in [0.29, 0.717) is 6.42 Å². The highest BCUT2D eigenvalue weighted by Gasteiger charge is 2.19. The third-order valence-electron chi connectivity index (χ3n) is 5.77. The van der Waals surface area contributed by atoms with E-state index < -0.39 is 0 Å². The minimum atomic E-state index is -0.00269. The maximum absolute atomic E-state index is 12.6.